The Morgan fingerprint density at radius 1 is 1.09 bits per heavy atom. The van der Waals surface area contributed by atoms with Crippen molar-refractivity contribution in [2.24, 2.45) is 17.2 Å². The van der Waals surface area contributed by atoms with Crippen molar-refractivity contribution in [2.75, 3.05) is 17.2 Å². The summed E-state index contributed by atoms with van der Waals surface area (Å²) in [5.41, 5.74) is 12.9. The van der Waals surface area contributed by atoms with E-state index in [-0.39, 0.29) is 18.2 Å². The molecule has 2 amide bonds. The van der Waals surface area contributed by atoms with Gasteiger partial charge in [-0.15, -0.1) is 0 Å². The number of hydrogen-bond donors (Lipinski definition) is 6. The summed E-state index contributed by atoms with van der Waals surface area (Å²) in [6.45, 7) is 0.278. The average Bonchev–Trinajstić information content (AvgIpc) is 2.71. The van der Waals surface area contributed by atoms with Gasteiger partial charge in [0.05, 0.1) is 5.56 Å². The van der Waals surface area contributed by atoms with Gasteiger partial charge in [-0.25, -0.2) is 0 Å². The number of nitrogens with one attached hydrogen (secondary N) is 3. The van der Waals surface area contributed by atoms with Crippen molar-refractivity contribution >= 4 is 29.3 Å². The molecular formula is C20H24F3N7O3. The summed E-state index contributed by atoms with van der Waals surface area (Å²) in [7, 11) is 0. The van der Waals surface area contributed by atoms with Crippen LogP contribution >= 0.6 is 0 Å². The van der Waals surface area contributed by atoms with Crippen LogP contribution in [0.4, 0.5) is 30.6 Å². The van der Waals surface area contributed by atoms with Gasteiger partial charge >= 0.3 is 6.18 Å². The van der Waals surface area contributed by atoms with Gasteiger partial charge in [0, 0.05) is 23.3 Å². The highest BCUT2D eigenvalue weighted by Gasteiger charge is 2.32. The maximum atomic E-state index is 13.3. The topological polar surface area (TPSA) is 182 Å². The van der Waals surface area contributed by atoms with Crippen LogP contribution < -0.4 is 33.4 Å². The Kier molecular flexibility index (Phi) is 6.63. The summed E-state index contributed by atoms with van der Waals surface area (Å²) in [5.74, 6) is -2.69. The molecule has 0 unspecified atom stereocenters. The molecule has 1 heterocycles. The molecule has 0 bridgehead atoms. The third-order valence-electron chi connectivity index (χ3n) is 5.43. The largest absolute Gasteiger partial charge is 0.416 e. The first-order valence-corrected chi connectivity index (χ1v) is 10.1. The molecule has 0 radical (unpaired) electrons. The van der Waals surface area contributed by atoms with Gasteiger partial charge in [0.2, 0.25) is 11.9 Å². The minimum absolute atomic E-state index is 0.0509. The molecule has 2 aromatic rings. The SMILES string of the molecule is NC(=O)c1cc(Nc2nc(NCC3(N)CCCCC3)[nH]c(=O)c2C(N)=O)cc(C(F)(F)F)c1. The van der Waals surface area contributed by atoms with E-state index in [1.807, 2.05) is 0 Å². The minimum Gasteiger partial charge on any atom is -0.366 e. The third-order valence-corrected chi connectivity index (χ3v) is 5.43. The van der Waals surface area contributed by atoms with Gasteiger partial charge in [-0.3, -0.25) is 19.4 Å². The highest BCUT2D eigenvalue weighted by molar-refractivity contribution is 5.98. The van der Waals surface area contributed by atoms with E-state index in [1.165, 1.54) is 0 Å². The van der Waals surface area contributed by atoms with Gasteiger partial charge in [-0.1, -0.05) is 19.3 Å². The molecule has 1 aliphatic carbocycles. The highest BCUT2D eigenvalue weighted by atomic mass is 19.4. The number of alkyl halides is 3. The summed E-state index contributed by atoms with van der Waals surface area (Å²) >= 11 is 0. The molecule has 1 saturated carbocycles. The lowest BCUT2D eigenvalue weighted by atomic mass is 9.82. The number of nitrogens with zero attached hydrogens (tertiary/aromatic N) is 1. The Labute approximate surface area is 186 Å². The number of nitrogens with two attached hydrogens (primary N) is 3. The van der Waals surface area contributed by atoms with Crippen LogP contribution in [-0.2, 0) is 6.18 Å². The number of primary amides is 2. The summed E-state index contributed by atoms with van der Waals surface area (Å²) < 4.78 is 39.8. The van der Waals surface area contributed by atoms with Crippen LogP contribution in [0.25, 0.3) is 0 Å². The predicted octanol–water partition coefficient (Wildman–Crippen LogP) is 1.80. The molecule has 1 aromatic carbocycles. The van der Waals surface area contributed by atoms with Gasteiger partial charge < -0.3 is 27.8 Å². The van der Waals surface area contributed by atoms with Gasteiger partial charge in [-0.05, 0) is 31.0 Å². The number of H-pyrrole nitrogens is 1. The first-order valence-electron chi connectivity index (χ1n) is 10.1. The quantitative estimate of drug-likeness (QED) is 0.359. The highest BCUT2D eigenvalue weighted by Crippen LogP contribution is 2.33. The Morgan fingerprint density at radius 2 is 1.76 bits per heavy atom. The van der Waals surface area contributed by atoms with Gasteiger partial charge in [0.25, 0.3) is 11.5 Å². The zero-order chi connectivity index (χ0) is 24.4. The fraction of sp³-hybridized carbons (Fsp3) is 0.400. The van der Waals surface area contributed by atoms with Crippen molar-refractivity contribution in [3.8, 4) is 0 Å². The fourth-order valence-corrected chi connectivity index (χ4v) is 3.71. The Morgan fingerprint density at radius 3 is 2.33 bits per heavy atom. The molecule has 3 rings (SSSR count). The number of carbonyl (C=O) groups excluding carboxylic acids is 2. The van der Waals surface area contributed by atoms with Crippen molar-refractivity contribution in [3.63, 3.8) is 0 Å². The number of aromatic nitrogens is 2. The van der Waals surface area contributed by atoms with Crippen LogP contribution in [-0.4, -0.2) is 33.9 Å². The van der Waals surface area contributed by atoms with Crippen molar-refractivity contribution < 1.29 is 22.8 Å². The molecule has 0 saturated heterocycles. The van der Waals surface area contributed by atoms with Crippen LogP contribution in [0.15, 0.2) is 23.0 Å². The molecule has 33 heavy (non-hydrogen) atoms. The van der Waals surface area contributed by atoms with E-state index in [0.29, 0.717) is 12.1 Å². The first-order chi connectivity index (χ1) is 15.4. The summed E-state index contributed by atoms with van der Waals surface area (Å²) in [6.07, 6.45) is -0.220. The van der Waals surface area contributed by atoms with E-state index in [9.17, 15) is 27.6 Å². The summed E-state index contributed by atoms with van der Waals surface area (Å²) in [4.78, 5) is 42.3. The molecule has 1 aliphatic rings. The number of amides is 2. The molecule has 0 atom stereocenters. The lowest BCUT2D eigenvalue weighted by Crippen LogP contribution is -2.48. The molecule has 1 fully saturated rings. The number of benzene rings is 1. The molecule has 1 aromatic heterocycles. The zero-order valence-corrected chi connectivity index (χ0v) is 17.5. The smallest absolute Gasteiger partial charge is 0.366 e. The fourth-order valence-electron chi connectivity index (χ4n) is 3.71. The summed E-state index contributed by atoms with van der Waals surface area (Å²) in [5, 5.41) is 5.39. The Hall–Kier alpha value is -3.61. The van der Waals surface area contributed by atoms with Gasteiger partial charge in [0.15, 0.2) is 5.82 Å². The third kappa shape index (κ3) is 5.80. The number of anilines is 3. The van der Waals surface area contributed by atoms with Crippen molar-refractivity contribution in [1.29, 1.82) is 0 Å². The molecule has 178 valence electrons. The van der Waals surface area contributed by atoms with Crippen molar-refractivity contribution in [2.45, 2.75) is 43.8 Å². The van der Waals surface area contributed by atoms with Gasteiger partial charge in [0.1, 0.15) is 5.56 Å². The van der Waals surface area contributed by atoms with Crippen LogP contribution in [0, 0.1) is 0 Å². The molecule has 9 N–H and O–H groups in total. The lowest BCUT2D eigenvalue weighted by Gasteiger charge is -2.33. The van der Waals surface area contributed by atoms with E-state index >= 15 is 0 Å². The Balaban J connectivity index is 1.98. The number of carbonyl (C=O) groups is 2. The Bertz CT molecular complexity index is 1120. The maximum absolute atomic E-state index is 13.3. The monoisotopic (exact) mass is 467 g/mol. The van der Waals surface area contributed by atoms with Crippen LogP contribution in [0.3, 0.4) is 0 Å². The van der Waals surface area contributed by atoms with Crippen LogP contribution in [0.2, 0.25) is 0 Å². The normalized spacial score (nSPS) is 15.6. The second-order valence-electron chi connectivity index (χ2n) is 8.07. The molecule has 0 spiro atoms. The van der Waals surface area contributed by atoms with E-state index in [1.54, 1.807) is 0 Å². The lowest BCUT2D eigenvalue weighted by molar-refractivity contribution is -0.137. The van der Waals surface area contributed by atoms with Crippen LogP contribution in [0.5, 0.6) is 0 Å². The van der Waals surface area contributed by atoms with Crippen LogP contribution in [0.1, 0.15) is 58.4 Å². The van der Waals surface area contributed by atoms with E-state index in [0.717, 1.165) is 38.2 Å². The molecular weight excluding hydrogens is 443 g/mol. The standard InChI is InChI=1S/C20H24F3N7O3/c21-20(22,23)11-6-10(14(24)31)7-12(8-11)28-16-13(15(25)32)17(33)30-18(29-16)27-9-19(26)4-2-1-3-5-19/h6-8H,1-5,9,26H2,(H2,24,31)(H2,25,32)(H3,27,28,29,30,33). The zero-order valence-electron chi connectivity index (χ0n) is 17.5. The number of rotatable bonds is 7. The molecule has 0 aliphatic heterocycles. The molecule has 13 heteroatoms. The first kappa shape index (κ1) is 24.0. The maximum Gasteiger partial charge on any atom is 0.416 e. The van der Waals surface area contributed by atoms with E-state index < -0.39 is 51.6 Å². The van der Waals surface area contributed by atoms with E-state index in [2.05, 4.69) is 20.6 Å². The number of halogens is 3. The number of aromatic amines is 1. The number of hydrogen-bond acceptors (Lipinski definition) is 7. The minimum atomic E-state index is -4.78. The van der Waals surface area contributed by atoms with Crippen molar-refractivity contribution in [1.82, 2.24) is 9.97 Å². The van der Waals surface area contributed by atoms with Gasteiger partial charge in [-0.2, -0.15) is 18.2 Å². The second-order valence-corrected chi connectivity index (χ2v) is 8.07. The predicted molar refractivity (Wildman–Crippen MR) is 115 cm³/mol. The average molecular weight is 467 g/mol. The molecule has 10 nitrogen and oxygen atoms in total. The summed E-state index contributed by atoms with van der Waals surface area (Å²) in [6, 6.07) is 2.31. The van der Waals surface area contributed by atoms with E-state index in [4.69, 9.17) is 17.2 Å². The van der Waals surface area contributed by atoms with Crippen molar-refractivity contribution in [3.05, 3.63) is 45.2 Å². The second kappa shape index (κ2) is 9.10.